The molecule has 2 bridgehead atoms. The highest BCUT2D eigenvalue weighted by atomic mass is 16.8. The molecule has 3 aliphatic heterocycles. The van der Waals surface area contributed by atoms with Gasteiger partial charge in [-0.1, -0.05) is 32.9 Å². The van der Waals surface area contributed by atoms with Crippen molar-refractivity contribution >= 4 is 5.69 Å². The van der Waals surface area contributed by atoms with E-state index in [9.17, 15) is 10.1 Å². The topological polar surface area (TPSA) is 64.8 Å². The van der Waals surface area contributed by atoms with E-state index in [0.29, 0.717) is 19.1 Å². The lowest BCUT2D eigenvalue weighted by Crippen LogP contribution is -2.65. The van der Waals surface area contributed by atoms with E-state index in [0.717, 1.165) is 44.3 Å². The fraction of sp³-hybridized carbons (Fsp3) is 0.714. The van der Waals surface area contributed by atoms with Gasteiger partial charge in [-0.2, -0.15) is 0 Å². The van der Waals surface area contributed by atoms with Crippen LogP contribution in [0.4, 0.5) is 5.69 Å². The van der Waals surface area contributed by atoms with E-state index in [4.69, 9.17) is 9.47 Å². The van der Waals surface area contributed by atoms with Gasteiger partial charge in [-0.15, -0.1) is 0 Å². The lowest BCUT2D eigenvalue weighted by Gasteiger charge is -2.55. The first-order valence-corrected chi connectivity index (χ1v) is 10.1. The smallest absolute Gasteiger partial charge is 0.269 e. The van der Waals surface area contributed by atoms with Gasteiger partial charge in [0.1, 0.15) is 0 Å². The number of rotatable bonds is 2. The Kier molecular flexibility index (Phi) is 4.56. The quantitative estimate of drug-likeness (QED) is 0.576. The van der Waals surface area contributed by atoms with Crippen LogP contribution >= 0.6 is 0 Å². The van der Waals surface area contributed by atoms with Crippen molar-refractivity contribution in [2.24, 2.45) is 11.3 Å². The van der Waals surface area contributed by atoms with Crippen LogP contribution in [0.5, 0.6) is 0 Å². The SMILES string of the molecule is CC(C)(C)[C@@H]1CCN2CCC[C@@](c3ccc([N+](=O)[O-])cc3)(C1)C21OCCO1. The largest absolute Gasteiger partial charge is 0.334 e. The van der Waals surface area contributed by atoms with Crippen molar-refractivity contribution in [2.45, 2.75) is 57.8 Å². The summed E-state index contributed by atoms with van der Waals surface area (Å²) in [6.45, 7) is 10.1. The number of piperidine rings is 1. The van der Waals surface area contributed by atoms with E-state index in [1.807, 2.05) is 12.1 Å². The minimum Gasteiger partial charge on any atom is -0.334 e. The van der Waals surface area contributed by atoms with Crippen LogP contribution in [-0.2, 0) is 14.9 Å². The van der Waals surface area contributed by atoms with Crippen molar-refractivity contribution in [3.05, 3.63) is 39.9 Å². The molecule has 1 aromatic carbocycles. The summed E-state index contributed by atoms with van der Waals surface area (Å²) in [6, 6.07) is 7.12. The molecule has 3 aliphatic rings. The van der Waals surface area contributed by atoms with Gasteiger partial charge in [-0.3, -0.25) is 15.0 Å². The Morgan fingerprint density at radius 3 is 2.41 bits per heavy atom. The molecule has 4 rings (SSSR count). The maximum absolute atomic E-state index is 11.1. The van der Waals surface area contributed by atoms with Gasteiger partial charge in [-0.25, -0.2) is 0 Å². The molecule has 3 atom stereocenters. The average Bonchev–Trinajstić information content (AvgIpc) is 3.09. The Balaban J connectivity index is 1.85. The van der Waals surface area contributed by atoms with Gasteiger partial charge in [0.05, 0.1) is 23.6 Å². The Morgan fingerprint density at radius 1 is 1.15 bits per heavy atom. The van der Waals surface area contributed by atoms with Crippen molar-refractivity contribution in [2.75, 3.05) is 26.3 Å². The highest BCUT2D eigenvalue weighted by Crippen LogP contribution is 2.57. The molecule has 1 aromatic rings. The third-order valence-corrected chi connectivity index (χ3v) is 6.93. The van der Waals surface area contributed by atoms with Crippen molar-refractivity contribution in [1.29, 1.82) is 0 Å². The molecule has 0 aliphatic carbocycles. The summed E-state index contributed by atoms with van der Waals surface area (Å²) in [5.41, 5.74) is 1.12. The molecule has 6 nitrogen and oxygen atoms in total. The van der Waals surface area contributed by atoms with Crippen molar-refractivity contribution in [3.8, 4) is 0 Å². The van der Waals surface area contributed by atoms with Gasteiger partial charge in [-0.05, 0) is 42.6 Å². The molecule has 0 aromatic heterocycles. The predicted octanol–water partition coefficient (Wildman–Crippen LogP) is 4.09. The molecule has 148 valence electrons. The van der Waals surface area contributed by atoms with Crippen molar-refractivity contribution in [3.63, 3.8) is 0 Å². The van der Waals surface area contributed by atoms with Gasteiger partial charge in [0.2, 0.25) is 5.91 Å². The molecule has 0 amide bonds. The van der Waals surface area contributed by atoms with Crippen LogP contribution in [-0.4, -0.2) is 42.0 Å². The molecule has 0 N–H and O–H groups in total. The molecular formula is C21H30N2O4. The second-order valence-electron chi connectivity index (χ2n) is 9.31. The summed E-state index contributed by atoms with van der Waals surface area (Å²) < 4.78 is 12.8. The number of hydrogen-bond donors (Lipinski definition) is 0. The van der Waals surface area contributed by atoms with Crippen LogP contribution < -0.4 is 0 Å². The predicted molar refractivity (Wildman–Crippen MR) is 102 cm³/mol. The first-order valence-electron chi connectivity index (χ1n) is 10.1. The molecular weight excluding hydrogens is 344 g/mol. The fourth-order valence-electron chi connectivity index (χ4n) is 5.45. The number of non-ortho nitro benzene ring substituents is 1. The zero-order chi connectivity index (χ0) is 19.3. The van der Waals surface area contributed by atoms with Gasteiger partial charge in [0, 0.05) is 25.2 Å². The maximum Gasteiger partial charge on any atom is 0.269 e. The minimum absolute atomic E-state index is 0.131. The maximum atomic E-state index is 11.1. The third kappa shape index (κ3) is 2.89. The number of nitro benzene ring substituents is 1. The summed E-state index contributed by atoms with van der Waals surface area (Å²) in [7, 11) is 0. The molecule has 3 saturated heterocycles. The van der Waals surface area contributed by atoms with Crippen LogP contribution in [0.3, 0.4) is 0 Å². The van der Waals surface area contributed by atoms with Gasteiger partial charge < -0.3 is 9.47 Å². The number of benzene rings is 1. The number of nitrogens with zero attached hydrogens (tertiary/aromatic N) is 2. The van der Waals surface area contributed by atoms with E-state index in [2.05, 4.69) is 25.7 Å². The van der Waals surface area contributed by atoms with Crippen LogP contribution in [0.15, 0.2) is 24.3 Å². The third-order valence-electron chi connectivity index (χ3n) is 6.93. The Bertz CT molecular complexity index is 706. The average molecular weight is 374 g/mol. The Labute approximate surface area is 161 Å². The normalized spacial score (nSPS) is 33.0. The highest BCUT2D eigenvalue weighted by Gasteiger charge is 2.64. The number of ether oxygens (including phenoxy) is 2. The van der Waals surface area contributed by atoms with Crippen LogP contribution in [0, 0.1) is 21.4 Å². The highest BCUT2D eigenvalue weighted by molar-refractivity contribution is 5.39. The molecule has 1 spiro atoms. The van der Waals surface area contributed by atoms with E-state index < -0.39 is 5.91 Å². The van der Waals surface area contributed by atoms with Gasteiger partial charge >= 0.3 is 0 Å². The lowest BCUT2D eigenvalue weighted by molar-refractivity contribution is -0.384. The lowest BCUT2D eigenvalue weighted by atomic mass is 9.62. The van der Waals surface area contributed by atoms with Crippen LogP contribution in [0.2, 0.25) is 0 Å². The Morgan fingerprint density at radius 2 is 1.81 bits per heavy atom. The summed E-state index contributed by atoms with van der Waals surface area (Å²) in [6.07, 6.45) is 4.16. The second-order valence-corrected chi connectivity index (χ2v) is 9.31. The molecule has 0 saturated carbocycles. The van der Waals surface area contributed by atoms with E-state index in [-0.39, 0.29) is 21.4 Å². The molecule has 27 heavy (non-hydrogen) atoms. The van der Waals surface area contributed by atoms with E-state index in [1.165, 1.54) is 0 Å². The molecule has 3 fully saturated rings. The molecule has 1 unspecified atom stereocenters. The molecule has 6 heteroatoms. The van der Waals surface area contributed by atoms with E-state index in [1.54, 1.807) is 12.1 Å². The molecule has 0 radical (unpaired) electrons. The zero-order valence-electron chi connectivity index (χ0n) is 16.6. The van der Waals surface area contributed by atoms with Gasteiger partial charge in [0.25, 0.3) is 5.69 Å². The monoisotopic (exact) mass is 374 g/mol. The Hall–Kier alpha value is -1.50. The van der Waals surface area contributed by atoms with Crippen molar-refractivity contribution < 1.29 is 14.4 Å². The number of hydrogen-bond acceptors (Lipinski definition) is 5. The standard InChI is InChI=1S/C21H30N2O4/c1-19(2,3)17-9-12-22-11-4-10-20(15-17,21(22)26-13-14-27-21)16-5-7-18(8-6-16)23(24)25/h5-8,17H,4,9-15H2,1-3H3/t17-,20+/m1/s1. The molecule has 3 heterocycles. The van der Waals surface area contributed by atoms with Crippen LogP contribution in [0.1, 0.15) is 52.0 Å². The van der Waals surface area contributed by atoms with Crippen LogP contribution in [0.25, 0.3) is 0 Å². The number of nitro groups is 1. The van der Waals surface area contributed by atoms with Crippen molar-refractivity contribution in [1.82, 2.24) is 4.90 Å². The first-order chi connectivity index (χ1) is 12.8. The summed E-state index contributed by atoms with van der Waals surface area (Å²) >= 11 is 0. The van der Waals surface area contributed by atoms with Gasteiger partial charge in [0.15, 0.2) is 0 Å². The zero-order valence-corrected chi connectivity index (χ0v) is 16.6. The first kappa shape index (κ1) is 18.8. The van der Waals surface area contributed by atoms with E-state index >= 15 is 0 Å². The summed E-state index contributed by atoms with van der Waals surface area (Å²) in [5.74, 6) is -0.207. The summed E-state index contributed by atoms with van der Waals surface area (Å²) in [4.78, 5) is 13.2. The summed E-state index contributed by atoms with van der Waals surface area (Å²) in [5, 5.41) is 11.1. The fourth-order valence-corrected chi connectivity index (χ4v) is 5.45. The minimum atomic E-state index is -0.735. The second kappa shape index (κ2) is 6.54.